The molecule has 3 rings (SSSR count). The topological polar surface area (TPSA) is 16.1 Å². The average Bonchev–Trinajstić information content (AvgIpc) is 2.55. The zero-order valence-corrected chi connectivity index (χ0v) is 13.8. The quantitative estimate of drug-likeness (QED) is 0.639. The highest BCUT2D eigenvalue weighted by molar-refractivity contribution is 7.99. The first kappa shape index (κ1) is 14.9. The van der Waals surface area contributed by atoms with Gasteiger partial charge in [-0.15, -0.1) is 11.8 Å². The summed E-state index contributed by atoms with van der Waals surface area (Å²) in [5, 5.41) is 1.25. The van der Waals surface area contributed by atoms with E-state index in [1.165, 1.54) is 21.5 Å². The van der Waals surface area contributed by atoms with Crippen LogP contribution in [-0.2, 0) is 6.42 Å². The fourth-order valence-corrected chi connectivity index (χ4v) is 3.48. The van der Waals surface area contributed by atoms with Crippen molar-refractivity contribution in [1.29, 1.82) is 0 Å². The lowest BCUT2D eigenvalue weighted by molar-refractivity contribution is 1.11. The minimum atomic E-state index is 1.07. The number of hydrogen-bond acceptors (Lipinski definition) is 3. The Kier molecular flexibility index (Phi) is 4.64. The van der Waals surface area contributed by atoms with Crippen molar-refractivity contribution in [2.75, 3.05) is 24.7 Å². The van der Waals surface area contributed by atoms with Crippen molar-refractivity contribution >= 4 is 28.4 Å². The Morgan fingerprint density at radius 2 is 1.73 bits per heavy atom. The summed E-state index contributed by atoms with van der Waals surface area (Å²) in [4.78, 5) is 7.86. The molecular formula is C19H20N2S. The van der Waals surface area contributed by atoms with Gasteiger partial charge in [-0.05, 0) is 36.2 Å². The van der Waals surface area contributed by atoms with Crippen LogP contribution in [0.3, 0.4) is 0 Å². The van der Waals surface area contributed by atoms with Crippen molar-refractivity contribution in [3.8, 4) is 0 Å². The molecule has 0 radical (unpaired) electrons. The molecule has 0 amide bonds. The van der Waals surface area contributed by atoms with Gasteiger partial charge in [0, 0.05) is 42.0 Å². The van der Waals surface area contributed by atoms with Gasteiger partial charge < -0.3 is 4.90 Å². The molecule has 1 aromatic heterocycles. The van der Waals surface area contributed by atoms with Gasteiger partial charge in [-0.25, -0.2) is 0 Å². The highest BCUT2D eigenvalue weighted by Crippen LogP contribution is 2.27. The SMILES string of the molecule is CN(C)c1ccc(CCSc2ccnc3ccccc23)cc1. The zero-order valence-electron chi connectivity index (χ0n) is 13.0. The molecule has 0 N–H and O–H groups in total. The lowest BCUT2D eigenvalue weighted by atomic mass is 10.1. The van der Waals surface area contributed by atoms with Crippen LogP contribution >= 0.6 is 11.8 Å². The van der Waals surface area contributed by atoms with Gasteiger partial charge >= 0.3 is 0 Å². The van der Waals surface area contributed by atoms with Crippen molar-refractivity contribution in [2.24, 2.45) is 0 Å². The van der Waals surface area contributed by atoms with Crippen LogP contribution < -0.4 is 4.90 Å². The van der Waals surface area contributed by atoms with E-state index in [9.17, 15) is 0 Å². The van der Waals surface area contributed by atoms with Gasteiger partial charge in [0.05, 0.1) is 5.52 Å². The number of nitrogens with zero attached hydrogens (tertiary/aromatic N) is 2. The predicted octanol–water partition coefficient (Wildman–Crippen LogP) is 4.64. The summed E-state index contributed by atoms with van der Waals surface area (Å²) < 4.78 is 0. The molecule has 0 spiro atoms. The molecule has 0 fully saturated rings. The third kappa shape index (κ3) is 3.42. The first-order valence-corrected chi connectivity index (χ1v) is 8.45. The van der Waals surface area contributed by atoms with E-state index in [2.05, 4.69) is 72.5 Å². The Hall–Kier alpha value is -2.00. The summed E-state index contributed by atoms with van der Waals surface area (Å²) in [5.41, 5.74) is 3.70. The van der Waals surface area contributed by atoms with E-state index in [0.717, 1.165) is 17.7 Å². The Morgan fingerprint density at radius 1 is 0.955 bits per heavy atom. The summed E-state index contributed by atoms with van der Waals surface area (Å²) in [7, 11) is 4.14. The number of aryl methyl sites for hydroxylation is 1. The molecule has 0 aliphatic rings. The smallest absolute Gasteiger partial charge is 0.0713 e. The largest absolute Gasteiger partial charge is 0.378 e. The fourth-order valence-electron chi connectivity index (χ4n) is 2.44. The maximum Gasteiger partial charge on any atom is 0.0713 e. The molecular weight excluding hydrogens is 288 g/mol. The number of anilines is 1. The van der Waals surface area contributed by atoms with Gasteiger partial charge in [0.1, 0.15) is 0 Å². The molecule has 0 saturated heterocycles. The third-order valence-electron chi connectivity index (χ3n) is 3.71. The highest BCUT2D eigenvalue weighted by Gasteiger charge is 2.02. The molecule has 112 valence electrons. The summed E-state index contributed by atoms with van der Waals surface area (Å²) >= 11 is 1.90. The van der Waals surface area contributed by atoms with Gasteiger partial charge in [0.25, 0.3) is 0 Å². The number of pyridine rings is 1. The van der Waals surface area contributed by atoms with E-state index < -0.39 is 0 Å². The van der Waals surface area contributed by atoms with Crippen LogP contribution in [0.5, 0.6) is 0 Å². The van der Waals surface area contributed by atoms with Crippen molar-refractivity contribution in [2.45, 2.75) is 11.3 Å². The number of aromatic nitrogens is 1. The normalized spacial score (nSPS) is 10.8. The van der Waals surface area contributed by atoms with Gasteiger partial charge in [-0.3, -0.25) is 4.98 Å². The maximum absolute atomic E-state index is 4.42. The summed E-state index contributed by atoms with van der Waals surface area (Å²) in [6, 6.07) is 19.3. The van der Waals surface area contributed by atoms with Crippen LogP contribution in [0.2, 0.25) is 0 Å². The molecule has 0 bridgehead atoms. The van der Waals surface area contributed by atoms with E-state index in [-0.39, 0.29) is 0 Å². The standard InChI is InChI=1S/C19H20N2S/c1-21(2)16-9-7-15(8-10-16)12-14-22-19-11-13-20-18-6-4-3-5-17(18)19/h3-11,13H,12,14H2,1-2H3. The molecule has 3 aromatic rings. The molecule has 22 heavy (non-hydrogen) atoms. The molecule has 0 atom stereocenters. The van der Waals surface area contributed by atoms with E-state index in [1.54, 1.807) is 0 Å². The minimum absolute atomic E-state index is 1.07. The number of hydrogen-bond donors (Lipinski definition) is 0. The number of fused-ring (bicyclic) bond motifs is 1. The van der Waals surface area contributed by atoms with Crippen molar-refractivity contribution in [3.63, 3.8) is 0 Å². The number of thioether (sulfide) groups is 1. The fraction of sp³-hybridized carbons (Fsp3) is 0.211. The lowest BCUT2D eigenvalue weighted by Crippen LogP contribution is -2.08. The van der Waals surface area contributed by atoms with Crippen LogP contribution in [0, 0.1) is 0 Å². The Bertz CT molecular complexity index is 745. The Morgan fingerprint density at radius 3 is 2.50 bits per heavy atom. The van der Waals surface area contributed by atoms with E-state index in [4.69, 9.17) is 0 Å². The second-order valence-electron chi connectivity index (χ2n) is 5.49. The van der Waals surface area contributed by atoms with Gasteiger partial charge in [0.15, 0.2) is 0 Å². The highest BCUT2D eigenvalue weighted by atomic mass is 32.2. The van der Waals surface area contributed by atoms with Crippen molar-refractivity contribution < 1.29 is 0 Å². The zero-order chi connectivity index (χ0) is 15.4. The van der Waals surface area contributed by atoms with Gasteiger partial charge in [-0.1, -0.05) is 30.3 Å². The molecule has 3 heteroatoms. The summed E-state index contributed by atoms with van der Waals surface area (Å²) in [5.74, 6) is 1.08. The lowest BCUT2D eigenvalue weighted by Gasteiger charge is -2.12. The van der Waals surface area contributed by atoms with Crippen molar-refractivity contribution in [1.82, 2.24) is 4.98 Å². The molecule has 2 aromatic carbocycles. The van der Waals surface area contributed by atoms with Gasteiger partial charge in [0.2, 0.25) is 0 Å². The second kappa shape index (κ2) is 6.84. The maximum atomic E-state index is 4.42. The molecule has 2 nitrogen and oxygen atoms in total. The molecule has 0 unspecified atom stereocenters. The van der Waals surface area contributed by atoms with Crippen LogP contribution in [0.1, 0.15) is 5.56 Å². The predicted molar refractivity (Wildman–Crippen MR) is 96.9 cm³/mol. The van der Waals surface area contributed by atoms with Crippen LogP contribution in [0.4, 0.5) is 5.69 Å². The van der Waals surface area contributed by atoms with Crippen LogP contribution in [0.25, 0.3) is 10.9 Å². The molecule has 0 saturated carbocycles. The van der Waals surface area contributed by atoms with Gasteiger partial charge in [-0.2, -0.15) is 0 Å². The van der Waals surface area contributed by atoms with Crippen LogP contribution in [0.15, 0.2) is 65.7 Å². The number of para-hydroxylation sites is 1. The molecule has 0 aliphatic carbocycles. The van der Waals surface area contributed by atoms with Crippen LogP contribution in [-0.4, -0.2) is 24.8 Å². The third-order valence-corrected chi connectivity index (χ3v) is 4.79. The first-order valence-electron chi connectivity index (χ1n) is 7.47. The number of rotatable bonds is 5. The monoisotopic (exact) mass is 308 g/mol. The van der Waals surface area contributed by atoms with Crippen molar-refractivity contribution in [3.05, 3.63) is 66.4 Å². The Labute approximate surface area is 136 Å². The number of benzene rings is 2. The van der Waals surface area contributed by atoms with E-state index in [0.29, 0.717) is 0 Å². The van der Waals surface area contributed by atoms with E-state index >= 15 is 0 Å². The molecule has 0 aliphatic heterocycles. The van der Waals surface area contributed by atoms with E-state index in [1.807, 2.05) is 24.0 Å². The summed E-state index contributed by atoms with van der Waals surface area (Å²) in [6.07, 6.45) is 2.98. The second-order valence-corrected chi connectivity index (χ2v) is 6.62. The first-order chi connectivity index (χ1) is 10.7. The minimum Gasteiger partial charge on any atom is -0.378 e. The summed E-state index contributed by atoms with van der Waals surface area (Å²) in [6.45, 7) is 0. The molecule has 1 heterocycles. The Balaban J connectivity index is 1.65. The average molecular weight is 308 g/mol.